The van der Waals surface area contributed by atoms with Crippen LogP contribution >= 0.6 is 0 Å². The van der Waals surface area contributed by atoms with Crippen molar-refractivity contribution in [2.45, 2.75) is 20.3 Å². The fourth-order valence-electron chi connectivity index (χ4n) is 1.19. The zero-order valence-electron chi connectivity index (χ0n) is 8.32. The summed E-state index contributed by atoms with van der Waals surface area (Å²) in [5, 5.41) is 8.58. The maximum absolute atomic E-state index is 11.6. The Hall–Kier alpha value is -1.69. The van der Waals surface area contributed by atoms with Gasteiger partial charge in [0.2, 0.25) is 0 Å². The Morgan fingerprint density at radius 3 is 3.00 bits per heavy atom. The number of pyridine rings is 1. The van der Waals surface area contributed by atoms with Crippen LogP contribution in [0, 0.1) is 24.2 Å². The number of Topliss-reactive ketones (excluding diaryl/α,β-unsaturated/α-hetero) is 1. The molecule has 0 aliphatic heterocycles. The van der Waals surface area contributed by atoms with Crippen LogP contribution in [-0.4, -0.2) is 10.8 Å². The quantitative estimate of drug-likeness (QED) is 0.683. The Morgan fingerprint density at radius 1 is 1.71 bits per heavy atom. The Morgan fingerprint density at radius 2 is 2.43 bits per heavy atom. The molecular formula is C11H12N2O. The summed E-state index contributed by atoms with van der Waals surface area (Å²) in [5.41, 5.74) is 1.53. The summed E-state index contributed by atoms with van der Waals surface area (Å²) in [6.07, 6.45) is 3.48. The minimum atomic E-state index is -0.234. The van der Waals surface area contributed by atoms with Crippen molar-refractivity contribution in [3.63, 3.8) is 0 Å². The number of nitrogens with zero attached hydrogens (tertiary/aromatic N) is 2. The second-order valence-electron chi connectivity index (χ2n) is 3.35. The molecule has 1 aromatic rings. The lowest BCUT2D eigenvalue weighted by Gasteiger charge is -2.04. The van der Waals surface area contributed by atoms with Gasteiger partial charge in [-0.05, 0) is 25.5 Å². The van der Waals surface area contributed by atoms with Gasteiger partial charge >= 0.3 is 0 Å². The van der Waals surface area contributed by atoms with Crippen LogP contribution < -0.4 is 0 Å². The summed E-state index contributed by atoms with van der Waals surface area (Å²) in [6, 6.07) is 3.84. The Labute approximate surface area is 83.4 Å². The third-order valence-corrected chi connectivity index (χ3v) is 2.05. The van der Waals surface area contributed by atoms with Gasteiger partial charge in [0.1, 0.15) is 0 Å². The van der Waals surface area contributed by atoms with Crippen molar-refractivity contribution >= 4 is 5.78 Å². The van der Waals surface area contributed by atoms with E-state index < -0.39 is 0 Å². The maximum Gasteiger partial charge on any atom is 0.165 e. The van der Waals surface area contributed by atoms with Crippen molar-refractivity contribution in [2.75, 3.05) is 0 Å². The molecule has 72 valence electrons. The van der Waals surface area contributed by atoms with Gasteiger partial charge in [-0.1, -0.05) is 0 Å². The minimum Gasteiger partial charge on any atom is -0.294 e. The number of hydrogen-bond acceptors (Lipinski definition) is 3. The Balaban J connectivity index is 2.81. The predicted octanol–water partition coefficient (Wildman–Crippen LogP) is 2.12. The standard InChI is InChI=1S/C11H12N2O/c1-8(6-12)5-11(14)10-7-13-4-3-9(10)2/h3-4,7-8H,5H2,1-2H3. The smallest absolute Gasteiger partial charge is 0.165 e. The van der Waals surface area contributed by atoms with Crippen LogP contribution in [0.25, 0.3) is 0 Å². The van der Waals surface area contributed by atoms with Crippen LogP contribution in [0.1, 0.15) is 29.3 Å². The van der Waals surface area contributed by atoms with E-state index in [1.165, 1.54) is 0 Å². The number of hydrogen-bond donors (Lipinski definition) is 0. The lowest BCUT2D eigenvalue weighted by Crippen LogP contribution is -2.06. The van der Waals surface area contributed by atoms with E-state index in [2.05, 4.69) is 4.98 Å². The molecule has 0 N–H and O–H groups in total. The van der Waals surface area contributed by atoms with Crippen LogP contribution in [0.15, 0.2) is 18.5 Å². The largest absolute Gasteiger partial charge is 0.294 e. The second kappa shape index (κ2) is 4.52. The lowest BCUT2D eigenvalue weighted by molar-refractivity contribution is 0.0972. The van der Waals surface area contributed by atoms with Crippen molar-refractivity contribution in [3.05, 3.63) is 29.6 Å². The van der Waals surface area contributed by atoms with Crippen LogP contribution in [0.3, 0.4) is 0 Å². The van der Waals surface area contributed by atoms with Gasteiger partial charge in [-0.15, -0.1) is 0 Å². The highest BCUT2D eigenvalue weighted by Gasteiger charge is 2.12. The van der Waals surface area contributed by atoms with E-state index in [0.29, 0.717) is 5.56 Å². The molecule has 0 bridgehead atoms. The monoisotopic (exact) mass is 188 g/mol. The molecule has 1 aromatic heterocycles. The molecule has 14 heavy (non-hydrogen) atoms. The minimum absolute atomic E-state index is 0.00958. The van der Waals surface area contributed by atoms with E-state index >= 15 is 0 Å². The molecule has 0 saturated carbocycles. The second-order valence-corrected chi connectivity index (χ2v) is 3.35. The first-order valence-corrected chi connectivity index (χ1v) is 4.48. The fraction of sp³-hybridized carbons (Fsp3) is 0.364. The summed E-state index contributed by atoms with van der Waals surface area (Å²) < 4.78 is 0. The van der Waals surface area contributed by atoms with Gasteiger partial charge in [0.15, 0.2) is 5.78 Å². The number of nitriles is 1. The van der Waals surface area contributed by atoms with Crippen LogP contribution in [0.2, 0.25) is 0 Å². The molecule has 1 unspecified atom stereocenters. The van der Waals surface area contributed by atoms with Crippen LogP contribution in [0.4, 0.5) is 0 Å². The first-order valence-electron chi connectivity index (χ1n) is 4.48. The zero-order chi connectivity index (χ0) is 10.6. The van der Waals surface area contributed by atoms with E-state index in [0.717, 1.165) is 5.56 Å². The number of rotatable bonds is 3. The highest BCUT2D eigenvalue weighted by molar-refractivity contribution is 5.97. The molecule has 0 aliphatic carbocycles. The predicted molar refractivity (Wildman–Crippen MR) is 52.7 cm³/mol. The molecule has 1 atom stereocenters. The average molecular weight is 188 g/mol. The van der Waals surface area contributed by atoms with E-state index in [1.807, 2.05) is 13.0 Å². The van der Waals surface area contributed by atoms with Gasteiger partial charge in [-0.25, -0.2) is 0 Å². The third kappa shape index (κ3) is 2.40. The molecule has 0 spiro atoms. The lowest BCUT2D eigenvalue weighted by atomic mass is 9.99. The molecule has 0 saturated heterocycles. The zero-order valence-corrected chi connectivity index (χ0v) is 8.32. The first kappa shape index (κ1) is 10.4. The number of aromatic nitrogens is 1. The first-order chi connectivity index (χ1) is 6.65. The molecule has 0 fully saturated rings. The summed E-state index contributed by atoms with van der Waals surface area (Å²) in [5.74, 6) is -0.244. The molecule has 3 nitrogen and oxygen atoms in total. The molecule has 1 heterocycles. The van der Waals surface area contributed by atoms with Crippen molar-refractivity contribution in [1.82, 2.24) is 4.98 Å². The number of ketones is 1. The molecular weight excluding hydrogens is 176 g/mol. The Kier molecular flexibility index (Phi) is 3.35. The van der Waals surface area contributed by atoms with E-state index in [4.69, 9.17) is 5.26 Å². The van der Waals surface area contributed by atoms with E-state index in [1.54, 1.807) is 25.4 Å². The van der Waals surface area contributed by atoms with Gasteiger partial charge in [0, 0.05) is 24.4 Å². The number of aryl methyl sites for hydroxylation is 1. The number of carbonyl (C=O) groups excluding carboxylic acids is 1. The third-order valence-electron chi connectivity index (χ3n) is 2.05. The summed E-state index contributed by atoms with van der Waals surface area (Å²) in [6.45, 7) is 3.61. The fourth-order valence-corrected chi connectivity index (χ4v) is 1.19. The van der Waals surface area contributed by atoms with Gasteiger partial charge in [-0.2, -0.15) is 5.26 Å². The van der Waals surface area contributed by atoms with E-state index in [-0.39, 0.29) is 18.1 Å². The summed E-state index contributed by atoms with van der Waals surface area (Å²) >= 11 is 0. The van der Waals surface area contributed by atoms with Crippen molar-refractivity contribution in [3.8, 4) is 6.07 Å². The summed E-state index contributed by atoms with van der Waals surface area (Å²) in [7, 11) is 0. The maximum atomic E-state index is 11.6. The Bertz CT molecular complexity index is 379. The topological polar surface area (TPSA) is 53.8 Å². The van der Waals surface area contributed by atoms with Crippen molar-refractivity contribution in [1.29, 1.82) is 5.26 Å². The summed E-state index contributed by atoms with van der Waals surface area (Å²) in [4.78, 5) is 15.5. The molecule has 0 aromatic carbocycles. The molecule has 0 aliphatic rings. The highest BCUT2D eigenvalue weighted by Crippen LogP contribution is 2.11. The van der Waals surface area contributed by atoms with Crippen molar-refractivity contribution < 1.29 is 4.79 Å². The molecule has 0 amide bonds. The number of carbonyl (C=O) groups is 1. The average Bonchev–Trinajstić information content (AvgIpc) is 2.18. The van der Waals surface area contributed by atoms with Crippen molar-refractivity contribution in [2.24, 2.45) is 5.92 Å². The van der Waals surface area contributed by atoms with Gasteiger partial charge in [-0.3, -0.25) is 9.78 Å². The van der Waals surface area contributed by atoms with Gasteiger partial charge in [0.05, 0.1) is 12.0 Å². The van der Waals surface area contributed by atoms with Gasteiger partial charge < -0.3 is 0 Å². The van der Waals surface area contributed by atoms with Gasteiger partial charge in [0.25, 0.3) is 0 Å². The van der Waals surface area contributed by atoms with Crippen LogP contribution in [0.5, 0.6) is 0 Å². The van der Waals surface area contributed by atoms with E-state index in [9.17, 15) is 4.79 Å². The SMILES string of the molecule is Cc1ccncc1C(=O)CC(C)C#N. The normalized spacial score (nSPS) is 11.8. The van der Waals surface area contributed by atoms with Crippen LogP contribution in [-0.2, 0) is 0 Å². The molecule has 3 heteroatoms. The molecule has 1 rings (SSSR count). The highest BCUT2D eigenvalue weighted by atomic mass is 16.1. The molecule has 0 radical (unpaired) electrons.